The molecule has 24 heavy (non-hydrogen) atoms. The number of rotatable bonds is 3. The van der Waals surface area contributed by atoms with E-state index in [1.165, 1.54) is 11.0 Å². The smallest absolute Gasteiger partial charge is 0.279 e. The van der Waals surface area contributed by atoms with Crippen molar-refractivity contribution in [1.29, 1.82) is 0 Å². The zero-order valence-electron chi connectivity index (χ0n) is 12.7. The minimum absolute atomic E-state index is 0.238. The molecular weight excluding hydrogens is 308 g/mol. The van der Waals surface area contributed by atoms with Gasteiger partial charge in [-0.05, 0) is 24.3 Å². The fraction of sp³-hybridized carbons (Fsp3) is 0.118. The number of carbonyl (C=O) groups is 1. The molecule has 2 aromatic carbocycles. The van der Waals surface area contributed by atoms with E-state index in [-0.39, 0.29) is 5.91 Å². The largest absolute Gasteiger partial charge is 0.486 e. The number of carbonyl (C=O) groups excluding carboxylic acids is 1. The van der Waals surface area contributed by atoms with E-state index in [9.17, 15) is 4.79 Å². The van der Waals surface area contributed by atoms with Gasteiger partial charge in [0.25, 0.3) is 5.91 Å². The van der Waals surface area contributed by atoms with E-state index in [1.807, 2.05) is 24.3 Å². The Morgan fingerprint density at radius 3 is 2.67 bits per heavy atom. The molecule has 0 saturated carbocycles. The summed E-state index contributed by atoms with van der Waals surface area (Å²) in [4.78, 5) is 16.4. The maximum atomic E-state index is 12.3. The number of nitrogens with one attached hydrogen (secondary N) is 1. The maximum absolute atomic E-state index is 12.3. The van der Waals surface area contributed by atoms with Crippen molar-refractivity contribution in [3.8, 4) is 11.5 Å². The number of nitrogens with zero attached hydrogens (tertiary/aromatic N) is 3. The summed E-state index contributed by atoms with van der Waals surface area (Å²) in [5, 5.41) is 7.22. The van der Waals surface area contributed by atoms with Crippen molar-refractivity contribution < 1.29 is 14.3 Å². The molecule has 0 spiro atoms. The second-order valence-corrected chi connectivity index (χ2v) is 5.17. The highest BCUT2D eigenvalue weighted by molar-refractivity contribution is 5.95. The Morgan fingerprint density at radius 1 is 1.04 bits per heavy atom. The Balaban J connectivity index is 1.52. The maximum Gasteiger partial charge on any atom is 0.279 e. The van der Waals surface area contributed by atoms with E-state index in [4.69, 9.17) is 9.47 Å². The summed E-state index contributed by atoms with van der Waals surface area (Å²) in [6.45, 7) is 1.07. The molecule has 2 heterocycles. The molecule has 3 aromatic rings. The number of aromatic nitrogens is 3. The summed E-state index contributed by atoms with van der Waals surface area (Å²) in [5.74, 6) is 1.48. The number of ether oxygens (including phenoxy) is 2. The molecule has 0 amide bonds. The van der Waals surface area contributed by atoms with Crippen molar-refractivity contribution in [3.63, 3.8) is 0 Å². The molecule has 7 heteroatoms. The van der Waals surface area contributed by atoms with Gasteiger partial charge in [0.05, 0.1) is 0 Å². The molecule has 1 aromatic heterocycles. The van der Waals surface area contributed by atoms with Crippen LogP contribution in [0, 0.1) is 0 Å². The monoisotopic (exact) mass is 322 g/mol. The van der Waals surface area contributed by atoms with Crippen molar-refractivity contribution in [3.05, 3.63) is 60.4 Å². The Bertz CT molecular complexity index is 877. The van der Waals surface area contributed by atoms with Crippen LogP contribution in [-0.2, 0) is 0 Å². The lowest BCUT2D eigenvalue weighted by molar-refractivity contribution is 0.0945. The highest BCUT2D eigenvalue weighted by atomic mass is 16.6. The summed E-state index contributed by atoms with van der Waals surface area (Å²) in [5.41, 5.74) is 1.30. The summed E-state index contributed by atoms with van der Waals surface area (Å²) in [6, 6.07) is 14.4. The predicted octanol–water partition coefficient (Wildman–Crippen LogP) is 2.48. The summed E-state index contributed by atoms with van der Waals surface area (Å²) in [6.07, 6.45) is 1.38. The van der Waals surface area contributed by atoms with Crippen molar-refractivity contribution >= 4 is 17.5 Å². The molecule has 120 valence electrons. The van der Waals surface area contributed by atoms with Gasteiger partial charge in [0, 0.05) is 17.3 Å². The molecule has 4 rings (SSSR count). The van der Waals surface area contributed by atoms with E-state index < -0.39 is 0 Å². The molecule has 0 saturated heterocycles. The summed E-state index contributed by atoms with van der Waals surface area (Å²) >= 11 is 0. The lowest BCUT2D eigenvalue weighted by atomic mass is 10.2. The van der Waals surface area contributed by atoms with E-state index in [1.54, 1.807) is 24.3 Å². The summed E-state index contributed by atoms with van der Waals surface area (Å²) < 4.78 is 12.2. The molecule has 0 fully saturated rings. The van der Waals surface area contributed by atoms with Crippen LogP contribution in [0.15, 0.2) is 54.9 Å². The fourth-order valence-electron chi connectivity index (χ4n) is 2.38. The third-order valence-corrected chi connectivity index (χ3v) is 3.52. The zero-order valence-corrected chi connectivity index (χ0v) is 12.7. The first kappa shape index (κ1) is 14.3. The number of hydrogen-bond donors (Lipinski definition) is 1. The highest BCUT2D eigenvalue weighted by Gasteiger charge is 2.14. The molecule has 0 bridgehead atoms. The first-order valence-electron chi connectivity index (χ1n) is 7.48. The molecule has 0 unspecified atom stereocenters. The molecule has 1 N–H and O–H groups in total. The van der Waals surface area contributed by atoms with Crippen LogP contribution in [0.25, 0.3) is 0 Å². The van der Waals surface area contributed by atoms with Crippen LogP contribution in [0.1, 0.15) is 10.4 Å². The molecule has 7 nitrogen and oxygen atoms in total. The predicted molar refractivity (Wildman–Crippen MR) is 86.9 cm³/mol. The second-order valence-electron chi connectivity index (χ2n) is 5.17. The van der Waals surface area contributed by atoms with Gasteiger partial charge in [-0.3, -0.25) is 4.79 Å². The molecular formula is C17H14N4O3. The van der Waals surface area contributed by atoms with Gasteiger partial charge < -0.3 is 14.8 Å². The minimum atomic E-state index is -0.238. The van der Waals surface area contributed by atoms with Gasteiger partial charge in [0.2, 0.25) is 5.95 Å². The first-order chi connectivity index (χ1) is 11.8. The van der Waals surface area contributed by atoms with E-state index in [0.29, 0.717) is 36.2 Å². The van der Waals surface area contributed by atoms with Crippen LogP contribution in [0.3, 0.4) is 0 Å². The van der Waals surface area contributed by atoms with Gasteiger partial charge in [-0.15, -0.1) is 5.10 Å². The number of benzene rings is 2. The van der Waals surface area contributed by atoms with Crippen molar-refractivity contribution in [2.45, 2.75) is 0 Å². The van der Waals surface area contributed by atoms with Gasteiger partial charge in [0.15, 0.2) is 11.5 Å². The second kappa shape index (κ2) is 6.04. The zero-order chi connectivity index (χ0) is 16.4. The third-order valence-electron chi connectivity index (χ3n) is 3.52. The number of hydrogen-bond acceptors (Lipinski definition) is 6. The van der Waals surface area contributed by atoms with Gasteiger partial charge in [-0.1, -0.05) is 18.2 Å². The lowest BCUT2D eigenvalue weighted by Crippen LogP contribution is -2.15. The van der Waals surface area contributed by atoms with Crippen LogP contribution < -0.4 is 14.8 Å². The Kier molecular flexibility index (Phi) is 3.59. The molecule has 0 radical (unpaired) electrons. The average molecular weight is 322 g/mol. The lowest BCUT2D eigenvalue weighted by Gasteiger charge is -2.18. The van der Waals surface area contributed by atoms with Gasteiger partial charge in [0.1, 0.15) is 19.5 Å². The molecule has 1 aliphatic rings. The quantitative estimate of drug-likeness (QED) is 0.798. The SMILES string of the molecule is O=C(c1ccccc1)n1cnc(Nc2ccc3c(c2)OCCO3)n1. The van der Waals surface area contributed by atoms with E-state index >= 15 is 0 Å². The van der Waals surface area contributed by atoms with E-state index in [2.05, 4.69) is 15.4 Å². The van der Waals surface area contributed by atoms with Gasteiger partial charge >= 0.3 is 0 Å². The van der Waals surface area contributed by atoms with E-state index in [0.717, 1.165) is 5.69 Å². The molecule has 1 aliphatic heterocycles. The number of anilines is 2. The van der Waals surface area contributed by atoms with Gasteiger partial charge in [-0.2, -0.15) is 9.67 Å². The molecule has 0 aliphatic carbocycles. The van der Waals surface area contributed by atoms with Crippen LogP contribution in [0.4, 0.5) is 11.6 Å². The standard InChI is InChI=1S/C17H14N4O3/c22-16(12-4-2-1-3-5-12)21-11-18-17(20-21)19-13-6-7-14-15(10-13)24-9-8-23-14/h1-7,10-11H,8-9H2,(H,19,20). The topological polar surface area (TPSA) is 78.3 Å². The Morgan fingerprint density at radius 2 is 1.83 bits per heavy atom. The Hall–Kier alpha value is -3.35. The van der Waals surface area contributed by atoms with Crippen molar-refractivity contribution in [2.75, 3.05) is 18.5 Å². The van der Waals surface area contributed by atoms with Crippen LogP contribution in [-0.4, -0.2) is 33.9 Å². The Labute approximate surface area is 137 Å². The van der Waals surface area contributed by atoms with Crippen LogP contribution >= 0.6 is 0 Å². The van der Waals surface area contributed by atoms with Gasteiger partial charge in [-0.25, -0.2) is 0 Å². The minimum Gasteiger partial charge on any atom is -0.486 e. The fourth-order valence-corrected chi connectivity index (χ4v) is 2.38. The summed E-state index contributed by atoms with van der Waals surface area (Å²) in [7, 11) is 0. The normalized spacial score (nSPS) is 12.7. The van der Waals surface area contributed by atoms with Crippen molar-refractivity contribution in [2.24, 2.45) is 0 Å². The molecule has 0 atom stereocenters. The van der Waals surface area contributed by atoms with Crippen LogP contribution in [0.5, 0.6) is 11.5 Å². The third kappa shape index (κ3) is 2.79. The first-order valence-corrected chi connectivity index (χ1v) is 7.48. The number of fused-ring (bicyclic) bond motifs is 1. The average Bonchev–Trinajstić information content (AvgIpc) is 3.10. The van der Waals surface area contributed by atoms with Crippen LogP contribution in [0.2, 0.25) is 0 Å². The highest BCUT2D eigenvalue weighted by Crippen LogP contribution is 2.33. The van der Waals surface area contributed by atoms with Crippen molar-refractivity contribution in [1.82, 2.24) is 14.8 Å².